The van der Waals surface area contributed by atoms with Crippen LogP contribution in [0.2, 0.25) is 0 Å². The minimum absolute atomic E-state index is 0. The molecule has 2 aliphatic rings. The Kier molecular flexibility index (Phi) is 5.49. The minimum Gasteiger partial charge on any atom is -0.355 e. The molecule has 1 atom stereocenters. The van der Waals surface area contributed by atoms with Crippen LogP contribution < -0.4 is 10.6 Å². The highest BCUT2D eigenvalue weighted by Crippen LogP contribution is 2.30. The molecule has 0 aromatic rings. The lowest BCUT2D eigenvalue weighted by atomic mass is 10.4. The molecule has 2 rings (SSSR count). The first-order valence-electron chi connectivity index (χ1n) is 5.80. The second-order valence-corrected chi connectivity index (χ2v) is 6.95. The molecule has 0 aromatic carbocycles. The lowest BCUT2D eigenvalue weighted by Gasteiger charge is -2.08. The molecular weight excluding hydrogens is 353 g/mol. The van der Waals surface area contributed by atoms with Gasteiger partial charge in [-0.05, 0) is 25.7 Å². The fraction of sp³-hybridized carbons (Fsp3) is 0.900. The van der Waals surface area contributed by atoms with E-state index in [-0.39, 0.29) is 29.7 Å². The molecule has 1 unspecified atom stereocenters. The third kappa shape index (κ3) is 5.41. The van der Waals surface area contributed by atoms with E-state index in [1.54, 1.807) is 0 Å². The van der Waals surface area contributed by atoms with E-state index in [0.29, 0.717) is 24.3 Å². The molecule has 17 heavy (non-hydrogen) atoms. The van der Waals surface area contributed by atoms with Gasteiger partial charge in [0.1, 0.15) is 0 Å². The Bertz CT molecular complexity index is 379. The van der Waals surface area contributed by atoms with Crippen molar-refractivity contribution in [2.24, 2.45) is 10.9 Å². The summed E-state index contributed by atoms with van der Waals surface area (Å²) in [7, 11) is -2.87. The van der Waals surface area contributed by atoms with Gasteiger partial charge in [0.2, 0.25) is 0 Å². The molecule has 0 radical (unpaired) electrons. The molecule has 100 valence electrons. The van der Waals surface area contributed by atoms with Crippen molar-refractivity contribution in [1.82, 2.24) is 10.6 Å². The summed E-state index contributed by atoms with van der Waals surface area (Å²) in [4.78, 5) is 4.21. The SMILES string of the molecule is CC1CN=C(NCCS(=O)(=O)CC2CC2)N1.I. The first-order chi connectivity index (χ1) is 7.55. The van der Waals surface area contributed by atoms with Gasteiger partial charge in [-0.3, -0.25) is 4.99 Å². The number of rotatable bonds is 5. The largest absolute Gasteiger partial charge is 0.355 e. The first-order valence-corrected chi connectivity index (χ1v) is 7.62. The fourth-order valence-corrected chi connectivity index (χ4v) is 3.34. The lowest BCUT2D eigenvalue weighted by Crippen LogP contribution is -2.39. The third-order valence-corrected chi connectivity index (χ3v) is 4.60. The average Bonchev–Trinajstić information content (AvgIpc) is 2.87. The number of nitrogens with zero attached hydrogens (tertiary/aromatic N) is 1. The lowest BCUT2D eigenvalue weighted by molar-refractivity contribution is 0.591. The quantitative estimate of drug-likeness (QED) is 0.684. The Morgan fingerprint density at radius 2 is 2.18 bits per heavy atom. The van der Waals surface area contributed by atoms with E-state index in [1.807, 2.05) is 6.92 Å². The molecule has 0 aromatic heterocycles. The predicted molar refractivity (Wildman–Crippen MR) is 79.7 cm³/mol. The van der Waals surface area contributed by atoms with Crippen molar-refractivity contribution in [1.29, 1.82) is 0 Å². The summed E-state index contributed by atoms with van der Waals surface area (Å²) in [5.41, 5.74) is 0. The highest BCUT2D eigenvalue weighted by atomic mass is 127. The van der Waals surface area contributed by atoms with Crippen LogP contribution in [0.25, 0.3) is 0 Å². The summed E-state index contributed by atoms with van der Waals surface area (Å²) in [6, 6.07) is 0.352. The zero-order valence-electron chi connectivity index (χ0n) is 9.98. The zero-order chi connectivity index (χ0) is 11.6. The van der Waals surface area contributed by atoms with Crippen molar-refractivity contribution in [2.75, 3.05) is 24.6 Å². The van der Waals surface area contributed by atoms with Crippen LogP contribution in [0.3, 0.4) is 0 Å². The second-order valence-electron chi connectivity index (χ2n) is 4.72. The Labute approximate surface area is 120 Å². The van der Waals surface area contributed by atoms with Crippen LogP contribution in [0.1, 0.15) is 19.8 Å². The van der Waals surface area contributed by atoms with Gasteiger partial charge in [-0.2, -0.15) is 0 Å². The molecule has 5 nitrogen and oxygen atoms in total. The van der Waals surface area contributed by atoms with E-state index in [2.05, 4.69) is 15.6 Å². The van der Waals surface area contributed by atoms with Crippen LogP contribution in [0.4, 0.5) is 0 Å². The number of hydrogen-bond acceptors (Lipinski definition) is 5. The summed E-state index contributed by atoms with van der Waals surface area (Å²) in [6.45, 7) is 3.26. The smallest absolute Gasteiger partial charge is 0.191 e. The van der Waals surface area contributed by atoms with Gasteiger partial charge in [-0.1, -0.05) is 0 Å². The molecule has 0 saturated heterocycles. The normalized spacial score (nSPS) is 23.6. The van der Waals surface area contributed by atoms with Gasteiger partial charge in [0.25, 0.3) is 0 Å². The fourth-order valence-electron chi connectivity index (χ4n) is 1.71. The van der Waals surface area contributed by atoms with Crippen molar-refractivity contribution in [3.63, 3.8) is 0 Å². The van der Waals surface area contributed by atoms with Gasteiger partial charge in [0, 0.05) is 12.6 Å². The van der Waals surface area contributed by atoms with Gasteiger partial charge >= 0.3 is 0 Å². The van der Waals surface area contributed by atoms with Crippen LogP contribution in [-0.4, -0.2) is 45.0 Å². The van der Waals surface area contributed by atoms with E-state index in [4.69, 9.17) is 0 Å². The van der Waals surface area contributed by atoms with Crippen LogP contribution >= 0.6 is 24.0 Å². The molecule has 2 N–H and O–H groups in total. The molecule has 1 heterocycles. The summed E-state index contributed by atoms with van der Waals surface area (Å²) in [5, 5.41) is 6.16. The summed E-state index contributed by atoms with van der Waals surface area (Å²) in [6.07, 6.45) is 2.16. The molecule has 1 fully saturated rings. The maximum atomic E-state index is 11.6. The van der Waals surface area contributed by atoms with Crippen molar-refractivity contribution >= 4 is 39.8 Å². The molecule has 1 saturated carbocycles. The van der Waals surface area contributed by atoms with Crippen molar-refractivity contribution in [2.45, 2.75) is 25.8 Å². The molecule has 0 amide bonds. The molecule has 0 bridgehead atoms. The Balaban J connectivity index is 0.00000144. The zero-order valence-corrected chi connectivity index (χ0v) is 13.1. The standard InChI is InChI=1S/C10H19N3O2S.HI/c1-8-6-12-10(13-8)11-4-5-16(14,15)7-9-2-3-9;/h8-9H,2-7H2,1H3,(H2,11,12,13);1H. The van der Waals surface area contributed by atoms with Crippen molar-refractivity contribution < 1.29 is 8.42 Å². The molecule has 7 heteroatoms. The third-order valence-electron chi connectivity index (χ3n) is 2.80. The summed E-state index contributed by atoms with van der Waals surface area (Å²) in [5.74, 6) is 1.74. The van der Waals surface area contributed by atoms with Crippen molar-refractivity contribution in [3.05, 3.63) is 0 Å². The number of hydrogen-bond donors (Lipinski definition) is 2. The Morgan fingerprint density at radius 1 is 1.47 bits per heavy atom. The number of guanidine groups is 1. The van der Waals surface area contributed by atoms with Gasteiger partial charge in [0.15, 0.2) is 15.8 Å². The number of aliphatic imine (C=N–C) groups is 1. The maximum Gasteiger partial charge on any atom is 0.191 e. The number of nitrogens with one attached hydrogen (secondary N) is 2. The molecule has 1 aliphatic heterocycles. The van der Waals surface area contributed by atoms with Gasteiger partial charge < -0.3 is 10.6 Å². The molecule has 1 aliphatic carbocycles. The average molecular weight is 373 g/mol. The number of sulfone groups is 1. The molecule has 0 spiro atoms. The van der Waals surface area contributed by atoms with Crippen molar-refractivity contribution in [3.8, 4) is 0 Å². The Hall–Kier alpha value is -0.0500. The maximum absolute atomic E-state index is 11.6. The van der Waals surface area contributed by atoms with Gasteiger partial charge in [0.05, 0.1) is 18.1 Å². The first kappa shape index (κ1) is 15.0. The van der Waals surface area contributed by atoms with E-state index < -0.39 is 9.84 Å². The van der Waals surface area contributed by atoms with Crippen LogP contribution in [-0.2, 0) is 9.84 Å². The highest BCUT2D eigenvalue weighted by Gasteiger charge is 2.27. The number of halogens is 1. The summed E-state index contributed by atoms with van der Waals surface area (Å²) >= 11 is 0. The monoisotopic (exact) mass is 373 g/mol. The van der Waals surface area contributed by atoms with Gasteiger partial charge in [-0.15, -0.1) is 24.0 Å². The second kappa shape index (κ2) is 6.21. The highest BCUT2D eigenvalue weighted by molar-refractivity contribution is 14.0. The van der Waals surface area contributed by atoms with E-state index in [1.165, 1.54) is 0 Å². The van der Waals surface area contributed by atoms with E-state index >= 15 is 0 Å². The topological polar surface area (TPSA) is 70.6 Å². The predicted octanol–water partition coefficient (Wildman–Crippen LogP) is 0.366. The van der Waals surface area contributed by atoms with Crippen LogP contribution in [0, 0.1) is 5.92 Å². The Morgan fingerprint density at radius 3 is 2.71 bits per heavy atom. The van der Waals surface area contributed by atoms with Crippen LogP contribution in [0.5, 0.6) is 0 Å². The van der Waals surface area contributed by atoms with Crippen LogP contribution in [0.15, 0.2) is 4.99 Å². The van der Waals surface area contributed by atoms with E-state index in [0.717, 1.165) is 25.3 Å². The minimum atomic E-state index is -2.87. The molecular formula is C10H20IN3O2S. The summed E-state index contributed by atoms with van der Waals surface area (Å²) < 4.78 is 23.2. The van der Waals surface area contributed by atoms with E-state index in [9.17, 15) is 8.42 Å². The van der Waals surface area contributed by atoms with Gasteiger partial charge in [-0.25, -0.2) is 8.42 Å².